The molecule has 0 aromatic heterocycles. The van der Waals surface area contributed by atoms with Crippen molar-refractivity contribution in [3.63, 3.8) is 0 Å². The average Bonchev–Trinajstić information content (AvgIpc) is 2.69. The normalized spacial score (nSPS) is 22.7. The molecule has 0 spiro atoms. The highest BCUT2D eigenvalue weighted by molar-refractivity contribution is 5.96. The first kappa shape index (κ1) is 21.9. The van der Waals surface area contributed by atoms with Gasteiger partial charge in [-0.3, -0.25) is 4.79 Å². The maximum Gasteiger partial charge on any atom is 0.342 e. The summed E-state index contributed by atoms with van der Waals surface area (Å²) < 4.78 is 21.2. The van der Waals surface area contributed by atoms with Gasteiger partial charge in [0, 0.05) is 6.04 Å². The first-order chi connectivity index (χ1) is 13.3. The number of hydrogen-bond donors (Lipinski definition) is 1. The molecule has 0 unspecified atom stereocenters. The summed E-state index contributed by atoms with van der Waals surface area (Å²) >= 11 is 0. The second-order valence-corrected chi connectivity index (χ2v) is 7.31. The second-order valence-electron chi connectivity index (χ2n) is 7.31. The third-order valence-corrected chi connectivity index (χ3v) is 5.61. The molecule has 0 aliphatic heterocycles. The molecule has 0 bridgehead atoms. The van der Waals surface area contributed by atoms with Crippen LogP contribution in [0.5, 0.6) is 17.2 Å². The van der Waals surface area contributed by atoms with E-state index in [-0.39, 0.29) is 23.3 Å². The zero-order valence-corrected chi connectivity index (χ0v) is 17.5. The number of esters is 1. The number of rotatable bonds is 7. The Labute approximate surface area is 166 Å². The van der Waals surface area contributed by atoms with E-state index in [1.807, 2.05) is 0 Å². The Balaban J connectivity index is 2.08. The van der Waals surface area contributed by atoms with Gasteiger partial charge in [-0.25, -0.2) is 4.79 Å². The van der Waals surface area contributed by atoms with E-state index >= 15 is 0 Å². The van der Waals surface area contributed by atoms with Crippen LogP contribution in [0, 0.1) is 11.8 Å². The zero-order valence-electron chi connectivity index (χ0n) is 17.5. The number of amides is 1. The second kappa shape index (κ2) is 9.66. The quantitative estimate of drug-likeness (QED) is 0.717. The molecule has 1 aliphatic carbocycles. The van der Waals surface area contributed by atoms with Gasteiger partial charge < -0.3 is 24.3 Å². The molecule has 7 nitrogen and oxygen atoms in total. The molecule has 0 heterocycles. The minimum atomic E-state index is -0.922. The van der Waals surface area contributed by atoms with Crippen molar-refractivity contribution in [3.8, 4) is 17.2 Å². The highest BCUT2D eigenvalue weighted by Gasteiger charge is 2.31. The van der Waals surface area contributed by atoms with Crippen molar-refractivity contribution in [3.05, 3.63) is 17.7 Å². The van der Waals surface area contributed by atoms with E-state index in [1.165, 1.54) is 33.8 Å². The van der Waals surface area contributed by atoms with Gasteiger partial charge in [0.05, 0.1) is 21.3 Å². The Kier molecular flexibility index (Phi) is 7.54. The van der Waals surface area contributed by atoms with Crippen LogP contribution in [0.3, 0.4) is 0 Å². The first-order valence-electron chi connectivity index (χ1n) is 9.64. The summed E-state index contributed by atoms with van der Waals surface area (Å²) in [4.78, 5) is 25.2. The SMILES string of the molecule is COc1ccc(C(=O)O[C@H](C)C(=O)N[C@@H]2CCC[C@@H](C)[C@H]2C)c(OC)c1OC. The van der Waals surface area contributed by atoms with Gasteiger partial charge in [0.2, 0.25) is 5.75 Å². The molecular weight excluding hydrogens is 362 g/mol. The number of carbonyl (C=O) groups is 2. The maximum atomic E-state index is 12.6. The molecule has 156 valence electrons. The van der Waals surface area contributed by atoms with Crippen LogP contribution in [0.25, 0.3) is 0 Å². The summed E-state index contributed by atoms with van der Waals surface area (Å²) in [5, 5.41) is 3.03. The minimum absolute atomic E-state index is 0.105. The number of nitrogens with one attached hydrogen (secondary N) is 1. The third-order valence-electron chi connectivity index (χ3n) is 5.61. The number of hydrogen-bond acceptors (Lipinski definition) is 6. The number of ether oxygens (including phenoxy) is 4. The van der Waals surface area contributed by atoms with Gasteiger partial charge in [-0.2, -0.15) is 0 Å². The molecule has 1 N–H and O–H groups in total. The summed E-state index contributed by atoms with van der Waals surface area (Å²) in [5.41, 5.74) is 0.166. The lowest BCUT2D eigenvalue weighted by molar-refractivity contribution is -0.130. The van der Waals surface area contributed by atoms with Crippen molar-refractivity contribution < 1.29 is 28.5 Å². The van der Waals surface area contributed by atoms with Crippen LogP contribution in [0.15, 0.2) is 12.1 Å². The Bertz CT molecular complexity index is 704. The van der Waals surface area contributed by atoms with E-state index in [9.17, 15) is 9.59 Å². The molecule has 1 amide bonds. The van der Waals surface area contributed by atoms with E-state index in [0.717, 1.165) is 12.8 Å². The fourth-order valence-electron chi connectivity index (χ4n) is 3.63. The lowest BCUT2D eigenvalue weighted by Crippen LogP contribution is -2.47. The molecule has 1 aromatic carbocycles. The molecule has 1 saturated carbocycles. The Hall–Kier alpha value is -2.44. The van der Waals surface area contributed by atoms with Crippen LogP contribution >= 0.6 is 0 Å². The summed E-state index contributed by atoms with van der Waals surface area (Å²) in [6, 6.07) is 3.22. The van der Waals surface area contributed by atoms with Crippen molar-refractivity contribution in [2.45, 2.75) is 52.2 Å². The Morgan fingerprint density at radius 2 is 1.71 bits per heavy atom. The molecule has 1 fully saturated rings. The van der Waals surface area contributed by atoms with Gasteiger partial charge in [0.15, 0.2) is 17.6 Å². The molecule has 0 radical (unpaired) electrons. The van der Waals surface area contributed by atoms with Crippen LogP contribution < -0.4 is 19.5 Å². The van der Waals surface area contributed by atoms with Crippen molar-refractivity contribution in [1.82, 2.24) is 5.32 Å². The number of carbonyl (C=O) groups excluding carboxylic acids is 2. The predicted octanol–water partition coefficient (Wildman–Crippen LogP) is 3.20. The predicted molar refractivity (Wildman–Crippen MR) is 105 cm³/mol. The molecule has 28 heavy (non-hydrogen) atoms. The van der Waals surface area contributed by atoms with Gasteiger partial charge in [0.1, 0.15) is 5.56 Å². The van der Waals surface area contributed by atoms with Crippen molar-refractivity contribution >= 4 is 11.9 Å². The number of benzene rings is 1. The van der Waals surface area contributed by atoms with Gasteiger partial charge in [0.25, 0.3) is 5.91 Å². The van der Waals surface area contributed by atoms with Gasteiger partial charge >= 0.3 is 5.97 Å². The molecule has 4 atom stereocenters. The maximum absolute atomic E-state index is 12.6. The van der Waals surface area contributed by atoms with Crippen LogP contribution in [0.2, 0.25) is 0 Å². The van der Waals surface area contributed by atoms with Crippen molar-refractivity contribution in [2.75, 3.05) is 21.3 Å². The third kappa shape index (κ3) is 4.69. The summed E-state index contributed by atoms with van der Waals surface area (Å²) in [6.07, 6.45) is 2.29. The molecule has 0 saturated heterocycles. The highest BCUT2D eigenvalue weighted by atomic mass is 16.6. The lowest BCUT2D eigenvalue weighted by atomic mass is 9.78. The smallest absolute Gasteiger partial charge is 0.342 e. The van der Waals surface area contributed by atoms with Crippen LogP contribution in [0.4, 0.5) is 0 Å². The van der Waals surface area contributed by atoms with Crippen molar-refractivity contribution in [2.24, 2.45) is 11.8 Å². The average molecular weight is 393 g/mol. The van der Waals surface area contributed by atoms with E-state index in [0.29, 0.717) is 23.3 Å². The standard InChI is InChI=1S/C21H31NO6/c1-12-8-7-9-16(13(12)2)22-20(23)14(3)28-21(24)15-10-11-17(25-4)19(27-6)18(15)26-5/h10-14,16H,7-9H2,1-6H3,(H,22,23)/t12-,13-,14-,16-/m1/s1. The van der Waals surface area contributed by atoms with Crippen LogP contribution in [0.1, 0.15) is 50.4 Å². The minimum Gasteiger partial charge on any atom is -0.493 e. The Morgan fingerprint density at radius 1 is 1.04 bits per heavy atom. The fraction of sp³-hybridized carbons (Fsp3) is 0.619. The van der Waals surface area contributed by atoms with E-state index < -0.39 is 12.1 Å². The highest BCUT2D eigenvalue weighted by Crippen LogP contribution is 2.40. The fourth-order valence-corrected chi connectivity index (χ4v) is 3.63. The topological polar surface area (TPSA) is 83.1 Å². The van der Waals surface area contributed by atoms with Crippen LogP contribution in [-0.2, 0) is 9.53 Å². The first-order valence-corrected chi connectivity index (χ1v) is 9.64. The molecule has 2 rings (SSSR count). The van der Waals surface area contributed by atoms with E-state index in [1.54, 1.807) is 13.0 Å². The monoisotopic (exact) mass is 393 g/mol. The van der Waals surface area contributed by atoms with Gasteiger partial charge in [-0.15, -0.1) is 0 Å². The largest absolute Gasteiger partial charge is 0.493 e. The Morgan fingerprint density at radius 3 is 2.32 bits per heavy atom. The van der Waals surface area contributed by atoms with E-state index in [4.69, 9.17) is 18.9 Å². The summed E-state index contributed by atoms with van der Waals surface area (Å²) in [5.74, 6) is 0.932. The van der Waals surface area contributed by atoms with Crippen molar-refractivity contribution in [1.29, 1.82) is 0 Å². The number of methoxy groups -OCH3 is 3. The van der Waals surface area contributed by atoms with E-state index in [2.05, 4.69) is 19.2 Å². The van der Waals surface area contributed by atoms with Crippen LogP contribution in [-0.4, -0.2) is 45.4 Å². The summed E-state index contributed by atoms with van der Waals surface area (Å²) in [7, 11) is 4.38. The molecular formula is C21H31NO6. The summed E-state index contributed by atoms with van der Waals surface area (Å²) in [6.45, 7) is 5.92. The molecule has 1 aliphatic rings. The zero-order chi connectivity index (χ0) is 20.8. The van der Waals surface area contributed by atoms with Gasteiger partial charge in [-0.05, 0) is 37.3 Å². The lowest BCUT2D eigenvalue weighted by Gasteiger charge is -2.35. The van der Waals surface area contributed by atoms with Gasteiger partial charge in [-0.1, -0.05) is 26.7 Å². The molecule has 7 heteroatoms. The molecule has 1 aromatic rings.